The average molecular weight is 194 g/mol. The second-order valence-electron chi connectivity index (χ2n) is 3.42. The van der Waals surface area contributed by atoms with Gasteiger partial charge in [0.15, 0.2) is 5.78 Å². The standard InChI is InChI=1S/C10H14N2O2/c13-10(8-1-2-11-6-8)5-9-7-12-3-4-14-9/h1-2,6,9,11-12H,3-5,7H2. The van der Waals surface area contributed by atoms with E-state index in [0.29, 0.717) is 13.0 Å². The van der Waals surface area contributed by atoms with Gasteiger partial charge in [-0.15, -0.1) is 0 Å². The quantitative estimate of drug-likeness (QED) is 0.692. The van der Waals surface area contributed by atoms with Crippen LogP contribution in [0.5, 0.6) is 0 Å². The van der Waals surface area contributed by atoms with Crippen molar-refractivity contribution >= 4 is 5.78 Å². The fraction of sp³-hybridized carbons (Fsp3) is 0.500. The van der Waals surface area contributed by atoms with Crippen molar-refractivity contribution in [2.45, 2.75) is 12.5 Å². The topological polar surface area (TPSA) is 54.1 Å². The largest absolute Gasteiger partial charge is 0.375 e. The molecule has 14 heavy (non-hydrogen) atoms. The van der Waals surface area contributed by atoms with Gasteiger partial charge in [0.1, 0.15) is 0 Å². The van der Waals surface area contributed by atoms with Crippen molar-refractivity contribution in [1.82, 2.24) is 10.3 Å². The highest BCUT2D eigenvalue weighted by Crippen LogP contribution is 2.08. The number of carbonyl (C=O) groups is 1. The maximum absolute atomic E-state index is 11.6. The number of nitrogens with one attached hydrogen (secondary N) is 2. The molecule has 0 aliphatic carbocycles. The van der Waals surface area contributed by atoms with Crippen molar-refractivity contribution in [3.63, 3.8) is 0 Å². The molecule has 4 heteroatoms. The van der Waals surface area contributed by atoms with Crippen LogP contribution < -0.4 is 5.32 Å². The molecule has 0 saturated carbocycles. The van der Waals surface area contributed by atoms with Crippen LogP contribution in [0.4, 0.5) is 0 Å². The lowest BCUT2D eigenvalue weighted by atomic mass is 10.1. The number of aromatic amines is 1. The van der Waals surface area contributed by atoms with Crippen LogP contribution >= 0.6 is 0 Å². The van der Waals surface area contributed by atoms with Gasteiger partial charge in [0, 0.05) is 37.5 Å². The van der Waals surface area contributed by atoms with Gasteiger partial charge in [-0.3, -0.25) is 4.79 Å². The van der Waals surface area contributed by atoms with E-state index >= 15 is 0 Å². The Kier molecular flexibility index (Phi) is 2.96. The molecule has 1 fully saturated rings. The predicted molar refractivity (Wildman–Crippen MR) is 52.3 cm³/mol. The number of hydrogen-bond acceptors (Lipinski definition) is 3. The van der Waals surface area contributed by atoms with Crippen molar-refractivity contribution in [2.24, 2.45) is 0 Å². The second-order valence-corrected chi connectivity index (χ2v) is 3.42. The van der Waals surface area contributed by atoms with E-state index in [-0.39, 0.29) is 11.9 Å². The highest BCUT2D eigenvalue weighted by atomic mass is 16.5. The van der Waals surface area contributed by atoms with E-state index in [1.807, 2.05) is 0 Å². The minimum absolute atomic E-state index is 0.0335. The van der Waals surface area contributed by atoms with Crippen molar-refractivity contribution in [3.8, 4) is 0 Å². The number of Topliss-reactive ketones (excluding diaryl/α,β-unsaturated/α-hetero) is 1. The molecule has 1 unspecified atom stereocenters. The lowest BCUT2D eigenvalue weighted by Crippen LogP contribution is -2.39. The highest BCUT2D eigenvalue weighted by Gasteiger charge is 2.18. The van der Waals surface area contributed by atoms with Gasteiger partial charge in [0.2, 0.25) is 0 Å². The van der Waals surface area contributed by atoms with Gasteiger partial charge in [-0.05, 0) is 6.07 Å². The van der Waals surface area contributed by atoms with Crippen molar-refractivity contribution in [2.75, 3.05) is 19.7 Å². The summed E-state index contributed by atoms with van der Waals surface area (Å²) >= 11 is 0. The fourth-order valence-electron chi connectivity index (χ4n) is 1.57. The maximum atomic E-state index is 11.6. The van der Waals surface area contributed by atoms with E-state index in [4.69, 9.17) is 4.74 Å². The highest BCUT2D eigenvalue weighted by molar-refractivity contribution is 5.96. The summed E-state index contributed by atoms with van der Waals surface area (Å²) in [6, 6.07) is 1.79. The van der Waals surface area contributed by atoms with Crippen LogP contribution in [0.2, 0.25) is 0 Å². The van der Waals surface area contributed by atoms with Crippen LogP contribution in [0.25, 0.3) is 0 Å². The van der Waals surface area contributed by atoms with Crippen LogP contribution in [-0.4, -0.2) is 36.6 Å². The van der Waals surface area contributed by atoms with Crippen LogP contribution in [0.3, 0.4) is 0 Å². The normalized spacial score (nSPS) is 22.1. The first-order valence-corrected chi connectivity index (χ1v) is 4.84. The number of carbonyl (C=O) groups excluding carboxylic acids is 1. The Balaban J connectivity index is 1.87. The molecule has 1 aromatic rings. The Morgan fingerprint density at radius 2 is 2.57 bits per heavy atom. The third kappa shape index (κ3) is 2.21. The number of morpholine rings is 1. The molecule has 1 aromatic heterocycles. The zero-order valence-electron chi connectivity index (χ0n) is 7.95. The molecule has 2 heterocycles. The van der Waals surface area contributed by atoms with Gasteiger partial charge in [0.05, 0.1) is 12.7 Å². The molecule has 0 aromatic carbocycles. The second kappa shape index (κ2) is 4.39. The summed E-state index contributed by atoms with van der Waals surface area (Å²) < 4.78 is 5.45. The number of hydrogen-bond donors (Lipinski definition) is 2. The minimum Gasteiger partial charge on any atom is -0.375 e. The number of rotatable bonds is 3. The Morgan fingerprint density at radius 1 is 1.64 bits per heavy atom. The van der Waals surface area contributed by atoms with E-state index in [1.165, 1.54) is 0 Å². The molecule has 4 nitrogen and oxygen atoms in total. The number of ketones is 1. The molecule has 0 spiro atoms. The van der Waals surface area contributed by atoms with Crippen LogP contribution in [0, 0.1) is 0 Å². The molecule has 2 rings (SSSR count). The Labute approximate surface area is 82.6 Å². The average Bonchev–Trinajstić information content (AvgIpc) is 2.72. The molecular formula is C10H14N2O2. The van der Waals surface area contributed by atoms with Crippen LogP contribution in [-0.2, 0) is 4.74 Å². The first kappa shape index (κ1) is 9.43. The van der Waals surface area contributed by atoms with E-state index < -0.39 is 0 Å². The molecule has 2 N–H and O–H groups in total. The van der Waals surface area contributed by atoms with Crippen molar-refractivity contribution < 1.29 is 9.53 Å². The Hall–Kier alpha value is -1.13. The van der Waals surface area contributed by atoms with E-state index in [0.717, 1.165) is 18.7 Å². The molecule has 1 aliphatic heterocycles. The van der Waals surface area contributed by atoms with Gasteiger partial charge in [-0.1, -0.05) is 0 Å². The summed E-state index contributed by atoms with van der Waals surface area (Å²) in [4.78, 5) is 14.5. The number of H-pyrrole nitrogens is 1. The van der Waals surface area contributed by atoms with E-state index in [9.17, 15) is 4.79 Å². The lowest BCUT2D eigenvalue weighted by molar-refractivity contribution is 0.0240. The lowest BCUT2D eigenvalue weighted by Gasteiger charge is -2.22. The molecular weight excluding hydrogens is 180 g/mol. The van der Waals surface area contributed by atoms with Gasteiger partial charge < -0.3 is 15.0 Å². The molecule has 1 atom stereocenters. The summed E-state index contributed by atoms with van der Waals surface area (Å²) in [6.45, 7) is 2.36. The molecule has 1 aliphatic rings. The maximum Gasteiger partial charge on any atom is 0.167 e. The third-order valence-corrected chi connectivity index (χ3v) is 2.34. The first-order valence-electron chi connectivity index (χ1n) is 4.84. The molecule has 0 radical (unpaired) electrons. The summed E-state index contributed by atoms with van der Waals surface area (Å²) in [7, 11) is 0. The zero-order valence-corrected chi connectivity index (χ0v) is 7.95. The monoisotopic (exact) mass is 194 g/mol. The number of ether oxygens (including phenoxy) is 1. The van der Waals surface area contributed by atoms with E-state index in [2.05, 4.69) is 10.3 Å². The summed E-state index contributed by atoms with van der Waals surface area (Å²) in [5, 5.41) is 3.20. The van der Waals surface area contributed by atoms with Gasteiger partial charge in [-0.25, -0.2) is 0 Å². The van der Waals surface area contributed by atoms with Gasteiger partial charge >= 0.3 is 0 Å². The minimum atomic E-state index is 0.0335. The third-order valence-electron chi connectivity index (χ3n) is 2.34. The molecule has 0 amide bonds. The van der Waals surface area contributed by atoms with Crippen LogP contribution in [0.1, 0.15) is 16.8 Å². The predicted octanol–water partition coefficient (Wildman–Crippen LogP) is 0.576. The van der Waals surface area contributed by atoms with Crippen molar-refractivity contribution in [3.05, 3.63) is 24.0 Å². The molecule has 76 valence electrons. The Bertz CT molecular complexity index is 289. The summed E-state index contributed by atoms with van der Waals surface area (Å²) in [5.41, 5.74) is 0.735. The van der Waals surface area contributed by atoms with Crippen molar-refractivity contribution in [1.29, 1.82) is 0 Å². The summed E-state index contributed by atoms with van der Waals surface area (Å²) in [5.74, 6) is 0.139. The molecule has 1 saturated heterocycles. The van der Waals surface area contributed by atoms with Crippen LogP contribution in [0.15, 0.2) is 18.5 Å². The Morgan fingerprint density at radius 3 is 3.21 bits per heavy atom. The van der Waals surface area contributed by atoms with Gasteiger partial charge in [-0.2, -0.15) is 0 Å². The molecule has 0 bridgehead atoms. The summed E-state index contributed by atoms with van der Waals surface area (Å²) in [6.07, 6.45) is 3.97. The fourth-order valence-corrected chi connectivity index (χ4v) is 1.57. The number of aromatic nitrogens is 1. The van der Waals surface area contributed by atoms with Gasteiger partial charge in [0.25, 0.3) is 0 Å². The van der Waals surface area contributed by atoms with E-state index in [1.54, 1.807) is 18.5 Å². The zero-order chi connectivity index (χ0) is 9.80. The first-order chi connectivity index (χ1) is 6.86. The SMILES string of the molecule is O=C(CC1CNCCO1)c1cc[nH]c1. The smallest absolute Gasteiger partial charge is 0.167 e.